The van der Waals surface area contributed by atoms with E-state index in [0.717, 1.165) is 18.2 Å². The van der Waals surface area contributed by atoms with E-state index in [2.05, 4.69) is 6.92 Å². The molecule has 0 saturated heterocycles. The van der Waals surface area contributed by atoms with E-state index in [1.54, 1.807) is 0 Å². The number of Topliss-reactive ketones (excluding diaryl/α,β-unsaturated/α-hetero) is 1. The zero-order valence-electron chi connectivity index (χ0n) is 13.2. The van der Waals surface area contributed by atoms with Gasteiger partial charge in [-0.1, -0.05) is 77.6 Å². The molecule has 0 saturated carbocycles. The van der Waals surface area contributed by atoms with Crippen LogP contribution in [0.5, 0.6) is 0 Å². The van der Waals surface area contributed by atoms with Gasteiger partial charge in [0.15, 0.2) is 0 Å². The second-order valence-corrected chi connectivity index (χ2v) is 6.32. The Labute approximate surface area is 129 Å². The van der Waals surface area contributed by atoms with Gasteiger partial charge in [-0.05, 0) is 18.2 Å². The van der Waals surface area contributed by atoms with Crippen LogP contribution < -0.4 is 0 Å². The third-order valence-corrected chi connectivity index (χ3v) is 4.20. The molecular formula is C17H31NOS. The first-order chi connectivity index (χ1) is 9.81. The van der Waals surface area contributed by atoms with Crippen LogP contribution in [-0.2, 0) is 4.79 Å². The molecule has 0 aromatic heterocycles. The number of nitrogens with zero attached hydrogens (tertiary/aromatic N) is 1. The number of ketones is 1. The molecule has 3 heteroatoms. The van der Waals surface area contributed by atoms with Crippen molar-refractivity contribution in [1.82, 2.24) is 0 Å². The van der Waals surface area contributed by atoms with E-state index in [1.165, 1.54) is 70.6 Å². The molecular weight excluding hydrogens is 266 g/mol. The van der Waals surface area contributed by atoms with Crippen molar-refractivity contribution in [1.29, 1.82) is 5.26 Å². The van der Waals surface area contributed by atoms with Crippen LogP contribution in [0.2, 0.25) is 0 Å². The van der Waals surface area contributed by atoms with Gasteiger partial charge in [0.1, 0.15) is 11.2 Å². The first-order valence-corrected chi connectivity index (χ1v) is 9.32. The zero-order chi connectivity index (χ0) is 14.9. The van der Waals surface area contributed by atoms with Crippen molar-refractivity contribution in [2.75, 3.05) is 5.75 Å². The van der Waals surface area contributed by atoms with Crippen molar-refractivity contribution in [3.8, 4) is 5.40 Å². The van der Waals surface area contributed by atoms with E-state index in [-0.39, 0.29) is 5.78 Å². The van der Waals surface area contributed by atoms with E-state index in [0.29, 0.717) is 12.2 Å². The molecule has 2 nitrogen and oxygen atoms in total. The molecule has 116 valence electrons. The number of hydrogen-bond acceptors (Lipinski definition) is 3. The van der Waals surface area contributed by atoms with Crippen LogP contribution in [0.3, 0.4) is 0 Å². The summed E-state index contributed by atoms with van der Waals surface area (Å²) < 4.78 is 0. The van der Waals surface area contributed by atoms with Crippen LogP contribution >= 0.6 is 11.8 Å². The van der Waals surface area contributed by atoms with Gasteiger partial charge < -0.3 is 0 Å². The highest BCUT2D eigenvalue weighted by Gasteiger charge is 2.01. The Balaban J connectivity index is 3.06. The Morgan fingerprint density at radius 2 is 1.30 bits per heavy atom. The van der Waals surface area contributed by atoms with Crippen LogP contribution in [0, 0.1) is 10.7 Å². The molecule has 0 aliphatic carbocycles. The third-order valence-electron chi connectivity index (χ3n) is 3.61. The molecule has 0 aromatic carbocycles. The molecule has 0 aromatic rings. The average molecular weight is 298 g/mol. The molecule has 0 fully saturated rings. The number of unbranched alkanes of at least 4 members (excludes halogenated alkanes) is 11. The van der Waals surface area contributed by atoms with Gasteiger partial charge in [0.2, 0.25) is 0 Å². The summed E-state index contributed by atoms with van der Waals surface area (Å²) >= 11 is 1.06. The van der Waals surface area contributed by atoms with Gasteiger partial charge >= 0.3 is 0 Å². The van der Waals surface area contributed by atoms with Gasteiger partial charge in [-0.25, -0.2) is 0 Å². The van der Waals surface area contributed by atoms with Gasteiger partial charge in [0, 0.05) is 6.42 Å². The number of carbonyl (C=O) groups excluding carboxylic acids is 1. The van der Waals surface area contributed by atoms with Gasteiger partial charge in [0.25, 0.3) is 0 Å². The predicted molar refractivity (Wildman–Crippen MR) is 88.8 cm³/mol. The van der Waals surface area contributed by atoms with Crippen LogP contribution in [0.1, 0.15) is 90.4 Å². The SMILES string of the molecule is CCCCCCCCCCCCCCC(=O)CSC#N. The van der Waals surface area contributed by atoms with Gasteiger partial charge in [-0.3, -0.25) is 4.79 Å². The molecule has 0 aliphatic rings. The lowest BCUT2D eigenvalue weighted by molar-refractivity contribution is -0.116. The summed E-state index contributed by atoms with van der Waals surface area (Å²) in [6, 6.07) is 0. The molecule has 0 unspecified atom stereocenters. The summed E-state index contributed by atoms with van der Waals surface area (Å²) in [7, 11) is 0. The van der Waals surface area contributed by atoms with Crippen molar-refractivity contribution in [2.45, 2.75) is 90.4 Å². The number of thioether (sulfide) groups is 1. The van der Waals surface area contributed by atoms with Gasteiger partial charge in [-0.2, -0.15) is 5.26 Å². The summed E-state index contributed by atoms with van der Waals surface area (Å²) in [4.78, 5) is 11.3. The lowest BCUT2D eigenvalue weighted by Gasteiger charge is -2.02. The Morgan fingerprint density at radius 1 is 0.850 bits per heavy atom. The minimum absolute atomic E-state index is 0.226. The molecule has 0 rings (SSSR count). The predicted octanol–water partition coefficient (Wildman–Crippen LogP) is 5.86. The Bertz CT molecular complexity index is 260. The van der Waals surface area contributed by atoms with Crippen LogP contribution in [0.25, 0.3) is 0 Å². The molecule has 20 heavy (non-hydrogen) atoms. The minimum Gasteiger partial charge on any atom is -0.299 e. The quantitative estimate of drug-likeness (QED) is 0.281. The Hall–Kier alpha value is -0.490. The summed E-state index contributed by atoms with van der Waals surface area (Å²) in [5, 5.41) is 10.3. The number of carbonyl (C=O) groups is 1. The molecule has 0 amide bonds. The fourth-order valence-corrected chi connectivity index (χ4v) is 2.72. The molecule has 0 bridgehead atoms. The highest BCUT2D eigenvalue weighted by Crippen LogP contribution is 2.12. The molecule has 0 heterocycles. The van der Waals surface area contributed by atoms with E-state index >= 15 is 0 Å². The fraction of sp³-hybridized carbons (Fsp3) is 0.882. The third kappa shape index (κ3) is 15.6. The minimum atomic E-state index is 0.226. The number of nitriles is 1. The standard InChI is InChI=1S/C17H31NOS/c1-2-3-4-5-6-7-8-9-10-11-12-13-14-17(19)15-20-16-18/h2-15H2,1H3. The molecule has 0 N–H and O–H groups in total. The average Bonchev–Trinajstić information content (AvgIpc) is 2.46. The summed E-state index contributed by atoms with van der Waals surface area (Å²) in [5.41, 5.74) is 0. The van der Waals surface area contributed by atoms with E-state index < -0.39 is 0 Å². The monoisotopic (exact) mass is 297 g/mol. The van der Waals surface area contributed by atoms with Gasteiger partial charge in [0.05, 0.1) is 5.75 Å². The topological polar surface area (TPSA) is 40.9 Å². The van der Waals surface area contributed by atoms with Crippen LogP contribution in [-0.4, -0.2) is 11.5 Å². The first kappa shape index (κ1) is 19.5. The van der Waals surface area contributed by atoms with E-state index in [9.17, 15) is 4.79 Å². The van der Waals surface area contributed by atoms with Crippen molar-refractivity contribution >= 4 is 17.5 Å². The highest BCUT2D eigenvalue weighted by molar-refractivity contribution is 8.04. The van der Waals surface area contributed by atoms with Crippen molar-refractivity contribution < 1.29 is 4.79 Å². The lowest BCUT2D eigenvalue weighted by atomic mass is 10.0. The lowest BCUT2D eigenvalue weighted by Crippen LogP contribution is -2.00. The van der Waals surface area contributed by atoms with Crippen molar-refractivity contribution in [3.63, 3.8) is 0 Å². The second kappa shape index (κ2) is 16.6. The van der Waals surface area contributed by atoms with E-state index in [4.69, 9.17) is 5.26 Å². The van der Waals surface area contributed by atoms with E-state index in [1.807, 2.05) is 5.40 Å². The maximum atomic E-state index is 11.3. The molecule has 0 spiro atoms. The number of rotatable bonds is 15. The normalized spacial score (nSPS) is 10.4. The number of hydrogen-bond donors (Lipinski definition) is 0. The second-order valence-electron chi connectivity index (χ2n) is 5.56. The van der Waals surface area contributed by atoms with Crippen molar-refractivity contribution in [2.24, 2.45) is 0 Å². The van der Waals surface area contributed by atoms with Crippen LogP contribution in [0.4, 0.5) is 0 Å². The maximum Gasteiger partial charge on any atom is 0.143 e. The largest absolute Gasteiger partial charge is 0.299 e. The molecule has 0 radical (unpaired) electrons. The molecule has 0 atom stereocenters. The maximum absolute atomic E-state index is 11.3. The zero-order valence-corrected chi connectivity index (χ0v) is 14.0. The Morgan fingerprint density at radius 3 is 1.75 bits per heavy atom. The fourth-order valence-electron chi connectivity index (χ4n) is 2.35. The van der Waals surface area contributed by atoms with Gasteiger partial charge in [-0.15, -0.1) is 0 Å². The summed E-state index contributed by atoms with van der Waals surface area (Å²) in [5.74, 6) is 0.595. The van der Waals surface area contributed by atoms with Crippen molar-refractivity contribution in [3.05, 3.63) is 0 Å². The smallest absolute Gasteiger partial charge is 0.143 e. The highest BCUT2D eigenvalue weighted by atomic mass is 32.2. The summed E-state index contributed by atoms with van der Waals surface area (Å²) in [6.07, 6.45) is 16.5. The first-order valence-electron chi connectivity index (χ1n) is 8.33. The molecule has 0 aliphatic heterocycles. The number of thiocyanates is 1. The Kier molecular flexibility index (Phi) is 16.2. The van der Waals surface area contributed by atoms with Crippen LogP contribution in [0.15, 0.2) is 0 Å². The summed E-state index contributed by atoms with van der Waals surface area (Å²) in [6.45, 7) is 2.26.